The summed E-state index contributed by atoms with van der Waals surface area (Å²) < 4.78 is 2.01. The van der Waals surface area contributed by atoms with Crippen molar-refractivity contribution in [2.45, 2.75) is 24.8 Å². The van der Waals surface area contributed by atoms with Gasteiger partial charge in [-0.25, -0.2) is 4.98 Å². The standard InChI is InChI=1S/C15H16N4S2/c1-10-4-6-12(7-5-10)8-21-15-18-17-14(19(15)3)13-9-20-11(2)16-13/h4-7,9H,8H2,1-3H3. The Bertz CT molecular complexity index is 743. The molecule has 2 heterocycles. The molecule has 21 heavy (non-hydrogen) atoms. The first-order valence-corrected chi connectivity index (χ1v) is 8.50. The highest BCUT2D eigenvalue weighted by Crippen LogP contribution is 2.25. The Morgan fingerprint density at radius 3 is 2.57 bits per heavy atom. The molecule has 3 rings (SSSR count). The summed E-state index contributed by atoms with van der Waals surface area (Å²) in [5.41, 5.74) is 3.47. The van der Waals surface area contributed by atoms with E-state index in [0.717, 1.165) is 27.4 Å². The number of rotatable bonds is 4. The maximum atomic E-state index is 4.47. The van der Waals surface area contributed by atoms with Crippen LogP contribution in [0, 0.1) is 13.8 Å². The molecule has 0 spiro atoms. The molecule has 0 atom stereocenters. The minimum absolute atomic E-state index is 0.825. The molecule has 0 radical (unpaired) electrons. The van der Waals surface area contributed by atoms with Crippen molar-refractivity contribution in [1.82, 2.24) is 19.7 Å². The van der Waals surface area contributed by atoms with Crippen LogP contribution in [0.2, 0.25) is 0 Å². The van der Waals surface area contributed by atoms with Crippen LogP contribution in [0.5, 0.6) is 0 Å². The number of hydrogen-bond acceptors (Lipinski definition) is 5. The molecule has 0 saturated heterocycles. The van der Waals surface area contributed by atoms with E-state index in [1.807, 2.05) is 23.9 Å². The average Bonchev–Trinajstić information content (AvgIpc) is 3.05. The highest BCUT2D eigenvalue weighted by atomic mass is 32.2. The lowest BCUT2D eigenvalue weighted by Gasteiger charge is -2.03. The highest BCUT2D eigenvalue weighted by molar-refractivity contribution is 7.98. The maximum Gasteiger partial charge on any atom is 0.191 e. The van der Waals surface area contributed by atoms with Gasteiger partial charge in [0.15, 0.2) is 11.0 Å². The summed E-state index contributed by atoms with van der Waals surface area (Å²) in [6.45, 7) is 4.10. The van der Waals surface area contributed by atoms with Gasteiger partial charge in [-0.3, -0.25) is 0 Å². The average molecular weight is 316 g/mol. The third-order valence-electron chi connectivity index (χ3n) is 3.17. The second kappa shape index (κ2) is 5.99. The molecule has 4 nitrogen and oxygen atoms in total. The maximum absolute atomic E-state index is 4.47. The summed E-state index contributed by atoms with van der Waals surface area (Å²) in [6, 6.07) is 8.58. The highest BCUT2D eigenvalue weighted by Gasteiger charge is 2.13. The molecular formula is C15H16N4S2. The first-order chi connectivity index (χ1) is 10.1. The smallest absolute Gasteiger partial charge is 0.191 e. The molecule has 0 fully saturated rings. The summed E-state index contributed by atoms with van der Waals surface area (Å²) in [6.07, 6.45) is 0. The molecule has 0 unspecified atom stereocenters. The van der Waals surface area contributed by atoms with E-state index < -0.39 is 0 Å². The number of aromatic nitrogens is 4. The summed E-state index contributed by atoms with van der Waals surface area (Å²) in [4.78, 5) is 4.47. The van der Waals surface area contributed by atoms with Crippen LogP contribution in [0.25, 0.3) is 11.5 Å². The van der Waals surface area contributed by atoms with Gasteiger partial charge < -0.3 is 4.57 Å². The van der Waals surface area contributed by atoms with E-state index in [9.17, 15) is 0 Å². The molecule has 0 N–H and O–H groups in total. The van der Waals surface area contributed by atoms with Gasteiger partial charge in [-0.2, -0.15) is 0 Å². The van der Waals surface area contributed by atoms with Gasteiger partial charge in [0.1, 0.15) is 5.69 Å². The second-order valence-corrected chi connectivity index (χ2v) is 6.90. The molecule has 0 aliphatic heterocycles. The summed E-state index contributed by atoms with van der Waals surface area (Å²) in [5, 5.41) is 12.5. The Balaban J connectivity index is 1.75. The Hall–Kier alpha value is -1.66. The fourth-order valence-electron chi connectivity index (χ4n) is 1.96. The molecule has 108 valence electrons. The number of thiazole rings is 1. The SMILES string of the molecule is Cc1ccc(CSc2nnc(-c3csc(C)n3)n2C)cc1. The first kappa shape index (κ1) is 14.3. The monoisotopic (exact) mass is 316 g/mol. The van der Waals surface area contributed by atoms with E-state index >= 15 is 0 Å². The number of hydrogen-bond donors (Lipinski definition) is 0. The quantitative estimate of drug-likeness (QED) is 0.686. The van der Waals surface area contributed by atoms with Crippen molar-refractivity contribution < 1.29 is 0 Å². The largest absolute Gasteiger partial charge is 0.304 e. The third kappa shape index (κ3) is 3.16. The van der Waals surface area contributed by atoms with E-state index in [0.29, 0.717) is 0 Å². The molecule has 0 aliphatic carbocycles. The molecular weight excluding hydrogens is 300 g/mol. The Morgan fingerprint density at radius 2 is 1.90 bits per heavy atom. The molecule has 3 aromatic rings. The fraction of sp³-hybridized carbons (Fsp3) is 0.267. The zero-order valence-corrected chi connectivity index (χ0v) is 13.8. The summed E-state index contributed by atoms with van der Waals surface area (Å²) >= 11 is 3.32. The predicted molar refractivity (Wildman–Crippen MR) is 87.6 cm³/mol. The van der Waals surface area contributed by atoms with Crippen molar-refractivity contribution in [2.75, 3.05) is 0 Å². The Kier molecular flexibility index (Phi) is 4.07. The van der Waals surface area contributed by atoms with Crippen LogP contribution >= 0.6 is 23.1 Å². The molecule has 2 aromatic heterocycles. The van der Waals surface area contributed by atoms with Crippen LogP contribution < -0.4 is 0 Å². The van der Waals surface area contributed by atoms with Crippen LogP contribution in [0.1, 0.15) is 16.1 Å². The van der Waals surface area contributed by atoms with E-state index in [4.69, 9.17) is 0 Å². The minimum atomic E-state index is 0.825. The van der Waals surface area contributed by atoms with Gasteiger partial charge in [0.2, 0.25) is 0 Å². The van der Waals surface area contributed by atoms with Crippen molar-refractivity contribution in [3.63, 3.8) is 0 Å². The third-order valence-corrected chi connectivity index (χ3v) is 5.04. The van der Waals surface area contributed by atoms with Crippen molar-refractivity contribution in [3.8, 4) is 11.5 Å². The summed E-state index contributed by atoms with van der Waals surface area (Å²) in [5.74, 6) is 1.72. The van der Waals surface area contributed by atoms with Gasteiger partial charge in [-0.1, -0.05) is 41.6 Å². The van der Waals surface area contributed by atoms with E-state index in [1.165, 1.54) is 11.1 Å². The minimum Gasteiger partial charge on any atom is -0.304 e. The predicted octanol–water partition coefficient (Wildman–Crippen LogP) is 3.85. The lowest BCUT2D eigenvalue weighted by molar-refractivity contribution is 0.792. The van der Waals surface area contributed by atoms with Crippen LogP contribution in [-0.4, -0.2) is 19.7 Å². The number of aryl methyl sites for hydroxylation is 2. The number of benzene rings is 1. The van der Waals surface area contributed by atoms with Crippen molar-refractivity contribution >= 4 is 23.1 Å². The van der Waals surface area contributed by atoms with Crippen molar-refractivity contribution in [3.05, 3.63) is 45.8 Å². The van der Waals surface area contributed by atoms with Gasteiger partial charge >= 0.3 is 0 Å². The van der Waals surface area contributed by atoms with Crippen molar-refractivity contribution in [1.29, 1.82) is 0 Å². The van der Waals surface area contributed by atoms with Crippen molar-refractivity contribution in [2.24, 2.45) is 7.05 Å². The molecule has 1 aromatic carbocycles. The van der Waals surface area contributed by atoms with E-state index in [1.54, 1.807) is 23.1 Å². The van der Waals surface area contributed by atoms with Gasteiger partial charge in [0.05, 0.1) is 5.01 Å². The second-order valence-electron chi connectivity index (χ2n) is 4.89. The molecule has 0 saturated carbocycles. The van der Waals surface area contributed by atoms with Crippen LogP contribution in [0.15, 0.2) is 34.8 Å². The lowest BCUT2D eigenvalue weighted by Crippen LogP contribution is -1.95. The van der Waals surface area contributed by atoms with Crippen LogP contribution in [-0.2, 0) is 12.8 Å². The zero-order valence-electron chi connectivity index (χ0n) is 12.2. The summed E-state index contributed by atoms with van der Waals surface area (Å²) in [7, 11) is 1.99. The Labute approximate surface area is 132 Å². The van der Waals surface area contributed by atoms with E-state index in [-0.39, 0.29) is 0 Å². The number of thioether (sulfide) groups is 1. The first-order valence-electron chi connectivity index (χ1n) is 6.64. The lowest BCUT2D eigenvalue weighted by atomic mass is 10.2. The molecule has 0 aliphatic rings. The van der Waals surface area contributed by atoms with Gasteiger partial charge in [0, 0.05) is 18.2 Å². The van der Waals surface area contributed by atoms with E-state index in [2.05, 4.69) is 46.4 Å². The molecule has 6 heteroatoms. The normalized spacial score (nSPS) is 11.0. The zero-order chi connectivity index (χ0) is 14.8. The van der Waals surface area contributed by atoms with Crippen LogP contribution in [0.4, 0.5) is 0 Å². The fourth-order valence-corrected chi connectivity index (χ4v) is 3.42. The Morgan fingerprint density at radius 1 is 1.14 bits per heavy atom. The molecule has 0 amide bonds. The van der Waals surface area contributed by atoms with Gasteiger partial charge in [-0.15, -0.1) is 21.5 Å². The van der Waals surface area contributed by atoms with Crippen LogP contribution in [0.3, 0.4) is 0 Å². The molecule has 0 bridgehead atoms. The van der Waals surface area contributed by atoms with Gasteiger partial charge in [0.25, 0.3) is 0 Å². The topological polar surface area (TPSA) is 43.6 Å². The van der Waals surface area contributed by atoms with Gasteiger partial charge in [-0.05, 0) is 19.4 Å². The number of nitrogens with zero attached hydrogens (tertiary/aromatic N) is 4.